The molecule has 8 unspecified atom stereocenters. The molecule has 140 valence electrons. The highest BCUT2D eigenvalue weighted by atomic mass is 16.6. The fraction of sp³-hybridized carbons (Fsp3) is 0.850. The van der Waals surface area contributed by atoms with Crippen molar-refractivity contribution in [2.75, 3.05) is 6.61 Å². The predicted octanol–water partition coefficient (Wildman–Crippen LogP) is 1.45. The zero-order valence-corrected chi connectivity index (χ0v) is 15.5. The van der Waals surface area contributed by atoms with Gasteiger partial charge in [-0.25, -0.2) is 0 Å². The summed E-state index contributed by atoms with van der Waals surface area (Å²) >= 11 is 0. The van der Waals surface area contributed by atoms with E-state index >= 15 is 0 Å². The number of ketones is 1. The summed E-state index contributed by atoms with van der Waals surface area (Å²) < 4.78 is 5.66. The molecule has 3 N–H and O–H groups in total. The number of Topliss-reactive ketones (excluding diaryl/α,β-unsaturated/α-hetero) is 1. The van der Waals surface area contributed by atoms with Crippen LogP contribution in [0.5, 0.6) is 0 Å². The van der Waals surface area contributed by atoms with Gasteiger partial charge in [0.2, 0.25) is 0 Å². The molecule has 4 aliphatic rings. The van der Waals surface area contributed by atoms with Crippen LogP contribution in [0.3, 0.4) is 0 Å². The topological polar surface area (TPSA) is 90.3 Å². The smallest absolute Gasteiger partial charge is 0.190 e. The van der Waals surface area contributed by atoms with Crippen molar-refractivity contribution < 1.29 is 24.9 Å². The lowest BCUT2D eigenvalue weighted by molar-refractivity contribution is -0.150. The van der Waals surface area contributed by atoms with Crippen LogP contribution in [0.2, 0.25) is 0 Å². The summed E-state index contributed by atoms with van der Waals surface area (Å²) in [5, 5.41) is 33.0. The van der Waals surface area contributed by atoms with Crippen molar-refractivity contribution in [1.82, 2.24) is 0 Å². The zero-order valence-electron chi connectivity index (χ0n) is 15.5. The van der Waals surface area contributed by atoms with E-state index in [2.05, 4.69) is 13.8 Å². The Morgan fingerprint density at radius 1 is 1.28 bits per heavy atom. The van der Waals surface area contributed by atoms with Gasteiger partial charge in [-0.3, -0.25) is 4.79 Å². The van der Waals surface area contributed by atoms with Gasteiger partial charge in [-0.15, -0.1) is 0 Å². The molecule has 1 aliphatic heterocycles. The molecule has 5 heteroatoms. The van der Waals surface area contributed by atoms with E-state index in [-0.39, 0.29) is 23.5 Å². The molecule has 1 heterocycles. The average molecular weight is 350 g/mol. The highest BCUT2D eigenvalue weighted by Gasteiger charge is 2.66. The van der Waals surface area contributed by atoms with Crippen LogP contribution in [0.25, 0.3) is 0 Å². The number of carbonyl (C=O) groups excluding carboxylic acids is 1. The number of rotatable bonds is 0. The first-order chi connectivity index (χ1) is 11.5. The van der Waals surface area contributed by atoms with Gasteiger partial charge in [0.25, 0.3) is 0 Å². The molecule has 4 rings (SSSR count). The van der Waals surface area contributed by atoms with Gasteiger partial charge in [0.15, 0.2) is 5.78 Å². The van der Waals surface area contributed by atoms with Crippen LogP contribution in [0, 0.1) is 29.1 Å². The molecule has 0 aromatic rings. The monoisotopic (exact) mass is 350 g/mol. The normalized spacial score (nSPS) is 56.4. The lowest BCUT2D eigenvalue weighted by Crippen LogP contribution is -2.54. The second kappa shape index (κ2) is 5.16. The Morgan fingerprint density at radius 2 is 1.92 bits per heavy atom. The van der Waals surface area contributed by atoms with E-state index in [1.54, 1.807) is 6.92 Å². The molecule has 3 fully saturated rings. The van der Waals surface area contributed by atoms with E-state index in [1.807, 2.05) is 13.0 Å². The van der Waals surface area contributed by atoms with Gasteiger partial charge in [0.1, 0.15) is 11.2 Å². The van der Waals surface area contributed by atoms with Gasteiger partial charge in [0.05, 0.1) is 24.7 Å². The average Bonchev–Trinajstić information content (AvgIpc) is 3.39. The number of hydrogen-bond donors (Lipinski definition) is 3. The van der Waals surface area contributed by atoms with Crippen LogP contribution < -0.4 is 0 Å². The molecular formula is C20H30O5. The zero-order chi connectivity index (χ0) is 18.4. The maximum atomic E-state index is 13.1. The molecule has 25 heavy (non-hydrogen) atoms. The number of hydrogen-bond acceptors (Lipinski definition) is 5. The molecule has 3 aliphatic carbocycles. The maximum Gasteiger partial charge on any atom is 0.190 e. The van der Waals surface area contributed by atoms with Crippen molar-refractivity contribution in [1.29, 1.82) is 0 Å². The molecule has 0 aromatic carbocycles. The standard InChI is InChI=1S/C20H30O5/c1-10-7-13-12(18(13,3)4)5-6-19(9-25-19)17(23)14-15(21)11(2)8-20(14,24)16(10)22/h7,11-15,17,21,23-24H,5-6,8-9H2,1-4H3/b10-7+. The third-order valence-electron chi connectivity index (χ3n) is 7.73. The van der Waals surface area contributed by atoms with Gasteiger partial charge in [-0.2, -0.15) is 0 Å². The number of epoxide rings is 1. The molecule has 5 nitrogen and oxygen atoms in total. The lowest BCUT2D eigenvalue weighted by atomic mass is 9.75. The van der Waals surface area contributed by atoms with Crippen LogP contribution in [-0.2, 0) is 9.53 Å². The second-order valence-electron chi connectivity index (χ2n) is 9.59. The summed E-state index contributed by atoms with van der Waals surface area (Å²) in [5.41, 5.74) is -1.76. The first-order valence-corrected chi connectivity index (χ1v) is 9.50. The highest BCUT2D eigenvalue weighted by Crippen LogP contribution is 2.63. The van der Waals surface area contributed by atoms with Crippen LogP contribution in [0.15, 0.2) is 11.6 Å². The number of carbonyl (C=O) groups is 1. The Bertz CT molecular complexity index is 634. The number of fused-ring (bicyclic) bond motifs is 2. The molecule has 8 atom stereocenters. The van der Waals surface area contributed by atoms with E-state index in [9.17, 15) is 20.1 Å². The number of aliphatic hydroxyl groups is 3. The summed E-state index contributed by atoms with van der Waals surface area (Å²) in [5.74, 6) is -0.721. The molecule has 1 saturated heterocycles. The summed E-state index contributed by atoms with van der Waals surface area (Å²) in [4.78, 5) is 13.1. The van der Waals surface area contributed by atoms with Crippen molar-refractivity contribution >= 4 is 5.78 Å². The Balaban J connectivity index is 1.78. The van der Waals surface area contributed by atoms with Crippen molar-refractivity contribution in [3.63, 3.8) is 0 Å². The SMILES string of the molecule is C/C1=C\C2C(CCC3(CO3)C(O)C3C(O)C(C)CC3(O)C1=O)C2(C)C. The molecule has 0 aromatic heterocycles. The molecule has 2 saturated carbocycles. The molecule has 0 radical (unpaired) electrons. The van der Waals surface area contributed by atoms with Crippen molar-refractivity contribution in [3.8, 4) is 0 Å². The van der Waals surface area contributed by atoms with E-state index in [0.29, 0.717) is 30.4 Å². The number of aliphatic hydroxyl groups excluding tert-OH is 2. The number of ether oxygens (including phenoxy) is 1. The first-order valence-electron chi connectivity index (χ1n) is 9.50. The van der Waals surface area contributed by atoms with Crippen LogP contribution in [-0.4, -0.2) is 51.1 Å². The largest absolute Gasteiger partial charge is 0.392 e. The third kappa shape index (κ3) is 2.32. The Kier molecular flexibility index (Phi) is 3.64. The minimum atomic E-state index is -1.73. The van der Waals surface area contributed by atoms with E-state index < -0.39 is 29.3 Å². The van der Waals surface area contributed by atoms with Crippen molar-refractivity contribution in [2.45, 2.75) is 70.4 Å². The molecule has 0 amide bonds. The minimum Gasteiger partial charge on any atom is -0.392 e. The summed E-state index contributed by atoms with van der Waals surface area (Å²) in [6.45, 7) is 8.42. The highest BCUT2D eigenvalue weighted by molar-refractivity contribution is 6.02. The maximum absolute atomic E-state index is 13.1. The van der Waals surface area contributed by atoms with Gasteiger partial charge in [-0.05, 0) is 54.9 Å². The molecule has 0 bridgehead atoms. The quantitative estimate of drug-likeness (QED) is 0.575. The lowest BCUT2D eigenvalue weighted by Gasteiger charge is -2.36. The van der Waals surface area contributed by atoms with E-state index in [4.69, 9.17) is 4.74 Å². The fourth-order valence-electron chi connectivity index (χ4n) is 5.71. The van der Waals surface area contributed by atoms with Crippen molar-refractivity contribution in [3.05, 3.63) is 11.6 Å². The van der Waals surface area contributed by atoms with Crippen LogP contribution >= 0.6 is 0 Å². The summed E-state index contributed by atoms with van der Waals surface area (Å²) in [7, 11) is 0. The Labute approximate surface area is 149 Å². The second-order valence-corrected chi connectivity index (χ2v) is 9.59. The van der Waals surface area contributed by atoms with Gasteiger partial charge < -0.3 is 20.1 Å². The first kappa shape index (κ1) is 17.7. The van der Waals surface area contributed by atoms with E-state index in [0.717, 1.165) is 6.42 Å². The molecular weight excluding hydrogens is 320 g/mol. The van der Waals surface area contributed by atoms with Gasteiger partial charge >= 0.3 is 0 Å². The van der Waals surface area contributed by atoms with E-state index in [1.165, 1.54) is 0 Å². The summed E-state index contributed by atoms with van der Waals surface area (Å²) in [6, 6.07) is 0. The minimum absolute atomic E-state index is 0.131. The van der Waals surface area contributed by atoms with Gasteiger partial charge in [-0.1, -0.05) is 26.8 Å². The predicted molar refractivity (Wildman–Crippen MR) is 91.7 cm³/mol. The van der Waals surface area contributed by atoms with Gasteiger partial charge in [0, 0.05) is 0 Å². The van der Waals surface area contributed by atoms with Crippen LogP contribution in [0.1, 0.15) is 47.0 Å². The van der Waals surface area contributed by atoms with Crippen LogP contribution in [0.4, 0.5) is 0 Å². The Morgan fingerprint density at radius 3 is 2.52 bits per heavy atom. The summed E-state index contributed by atoms with van der Waals surface area (Å²) in [6.07, 6.45) is 1.86. The fourth-order valence-corrected chi connectivity index (χ4v) is 5.71. The number of allylic oxidation sites excluding steroid dienone is 1. The van der Waals surface area contributed by atoms with Crippen molar-refractivity contribution in [2.24, 2.45) is 29.1 Å². The molecule has 1 spiro atoms. The Hall–Kier alpha value is -0.750. The third-order valence-corrected chi connectivity index (χ3v) is 7.73.